The quantitative estimate of drug-likeness (QED) is 0.466. The van der Waals surface area contributed by atoms with Crippen molar-refractivity contribution >= 4 is 17.9 Å². The van der Waals surface area contributed by atoms with Gasteiger partial charge in [0.15, 0.2) is 0 Å². The Morgan fingerprint density at radius 1 is 1.59 bits per heavy atom. The first-order chi connectivity index (χ1) is 7.89. The zero-order valence-electron chi connectivity index (χ0n) is 10.8. The van der Waals surface area contributed by atoms with E-state index >= 15 is 0 Å². The SMILES string of the molecule is CC[C@@H](/C=C/CSC#N)NC(=O)OC(C)(C)C. The molecule has 0 saturated heterocycles. The summed E-state index contributed by atoms with van der Waals surface area (Å²) in [6.07, 6.45) is 4.13. The summed E-state index contributed by atoms with van der Waals surface area (Å²) < 4.78 is 5.16. The van der Waals surface area contributed by atoms with E-state index in [2.05, 4.69) is 5.32 Å². The maximum Gasteiger partial charge on any atom is 0.408 e. The number of amides is 1. The molecule has 0 fully saturated rings. The topological polar surface area (TPSA) is 62.1 Å². The molecule has 0 aromatic carbocycles. The molecule has 0 aliphatic rings. The smallest absolute Gasteiger partial charge is 0.408 e. The van der Waals surface area contributed by atoms with Gasteiger partial charge in [-0.1, -0.05) is 19.1 Å². The van der Waals surface area contributed by atoms with Crippen molar-refractivity contribution < 1.29 is 9.53 Å². The third kappa shape index (κ3) is 9.76. The highest BCUT2D eigenvalue weighted by molar-refractivity contribution is 8.03. The number of carbonyl (C=O) groups excluding carboxylic acids is 1. The largest absolute Gasteiger partial charge is 0.444 e. The van der Waals surface area contributed by atoms with E-state index in [1.165, 1.54) is 0 Å². The number of nitrogens with one attached hydrogen (secondary N) is 1. The van der Waals surface area contributed by atoms with Crippen molar-refractivity contribution in [3.05, 3.63) is 12.2 Å². The van der Waals surface area contributed by atoms with Gasteiger partial charge < -0.3 is 10.1 Å². The Balaban J connectivity index is 4.09. The van der Waals surface area contributed by atoms with Gasteiger partial charge in [-0.2, -0.15) is 5.26 Å². The number of hydrogen-bond donors (Lipinski definition) is 1. The van der Waals surface area contributed by atoms with Gasteiger partial charge in [-0.25, -0.2) is 4.79 Å². The standard InChI is InChI=1S/C12H20N2O2S/c1-5-10(7-6-8-17-9-13)14-11(15)16-12(2,3)4/h6-7,10H,5,8H2,1-4H3,(H,14,15)/b7-6+/t10-/m0/s1. The Labute approximate surface area is 107 Å². The molecule has 0 heterocycles. The summed E-state index contributed by atoms with van der Waals surface area (Å²) in [6, 6.07) is -0.0517. The van der Waals surface area contributed by atoms with E-state index in [0.717, 1.165) is 18.2 Å². The number of thioether (sulfide) groups is 1. The molecule has 0 aliphatic heterocycles. The number of nitrogens with zero attached hydrogens (tertiary/aromatic N) is 1. The van der Waals surface area contributed by atoms with Crippen molar-refractivity contribution in [1.82, 2.24) is 5.32 Å². The van der Waals surface area contributed by atoms with Crippen molar-refractivity contribution in [3.8, 4) is 5.40 Å². The van der Waals surface area contributed by atoms with Crippen LogP contribution in [0.3, 0.4) is 0 Å². The lowest BCUT2D eigenvalue weighted by molar-refractivity contribution is 0.0513. The molecule has 0 saturated carbocycles. The Morgan fingerprint density at radius 3 is 2.71 bits per heavy atom. The monoisotopic (exact) mass is 256 g/mol. The van der Waals surface area contributed by atoms with E-state index in [1.807, 2.05) is 45.2 Å². The average molecular weight is 256 g/mol. The molecule has 1 amide bonds. The minimum absolute atomic E-state index is 0.0517. The minimum Gasteiger partial charge on any atom is -0.444 e. The summed E-state index contributed by atoms with van der Waals surface area (Å²) >= 11 is 1.16. The molecule has 0 bridgehead atoms. The van der Waals surface area contributed by atoms with Crippen LogP contribution in [0.15, 0.2) is 12.2 Å². The lowest BCUT2D eigenvalue weighted by Gasteiger charge is -2.21. The Kier molecular flexibility index (Phi) is 7.47. The molecule has 4 nitrogen and oxygen atoms in total. The van der Waals surface area contributed by atoms with Gasteiger partial charge in [0.05, 0.1) is 6.04 Å². The molecule has 0 unspecified atom stereocenters. The summed E-state index contributed by atoms with van der Waals surface area (Å²) in [6.45, 7) is 7.45. The van der Waals surface area contributed by atoms with Crippen molar-refractivity contribution in [2.75, 3.05) is 5.75 Å². The Morgan fingerprint density at radius 2 is 2.24 bits per heavy atom. The van der Waals surface area contributed by atoms with E-state index in [4.69, 9.17) is 10.00 Å². The zero-order chi connectivity index (χ0) is 13.3. The molecule has 1 N–H and O–H groups in total. The molecule has 17 heavy (non-hydrogen) atoms. The fourth-order valence-corrected chi connectivity index (χ4v) is 1.33. The number of rotatable bonds is 5. The summed E-state index contributed by atoms with van der Waals surface area (Å²) in [5, 5.41) is 13.1. The number of carbonyl (C=O) groups is 1. The van der Waals surface area contributed by atoms with Crippen molar-refractivity contribution in [3.63, 3.8) is 0 Å². The Hall–Kier alpha value is -1.15. The van der Waals surface area contributed by atoms with Crippen LogP contribution in [0.4, 0.5) is 4.79 Å². The van der Waals surface area contributed by atoms with Gasteiger partial charge in [0.2, 0.25) is 0 Å². The van der Waals surface area contributed by atoms with E-state index < -0.39 is 11.7 Å². The lowest BCUT2D eigenvalue weighted by atomic mass is 10.2. The molecule has 1 atom stereocenters. The van der Waals surface area contributed by atoms with Crippen LogP contribution in [-0.4, -0.2) is 23.5 Å². The van der Waals surface area contributed by atoms with Gasteiger partial charge in [0, 0.05) is 5.75 Å². The van der Waals surface area contributed by atoms with E-state index in [1.54, 1.807) is 0 Å². The second kappa shape index (κ2) is 8.02. The highest BCUT2D eigenvalue weighted by Gasteiger charge is 2.17. The average Bonchev–Trinajstić information content (AvgIpc) is 2.20. The highest BCUT2D eigenvalue weighted by Crippen LogP contribution is 2.07. The molecule has 0 spiro atoms. The van der Waals surface area contributed by atoms with Crippen molar-refractivity contribution in [1.29, 1.82) is 5.26 Å². The van der Waals surface area contributed by atoms with Crippen LogP contribution in [0.1, 0.15) is 34.1 Å². The van der Waals surface area contributed by atoms with Gasteiger partial charge in [0.1, 0.15) is 11.0 Å². The molecule has 0 radical (unpaired) electrons. The molecule has 96 valence electrons. The maximum absolute atomic E-state index is 11.5. The van der Waals surface area contributed by atoms with Crippen LogP contribution in [-0.2, 0) is 4.74 Å². The van der Waals surface area contributed by atoms with Crippen molar-refractivity contribution in [2.24, 2.45) is 0 Å². The van der Waals surface area contributed by atoms with Gasteiger partial charge in [-0.15, -0.1) is 0 Å². The van der Waals surface area contributed by atoms with Gasteiger partial charge in [-0.3, -0.25) is 0 Å². The number of hydrogen-bond acceptors (Lipinski definition) is 4. The van der Waals surface area contributed by atoms with E-state index in [9.17, 15) is 4.79 Å². The van der Waals surface area contributed by atoms with Crippen LogP contribution >= 0.6 is 11.8 Å². The molecular formula is C12H20N2O2S. The highest BCUT2D eigenvalue weighted by atomic mass is 32.2. The summed E-state index contributed by atoms with van der Waals surface area (Å²) in [4.78, 5) is 11.5. The Bertz CT molecular complexity index is 303. The normalized spacial score (nSPS) is 13.1. The lowest BCUT2D eigenvalue weighted by Crippen LogP contribution is -2.37. The molecular weight excluding hydrogens is 236 g/mol. The van der Waals surface area contributed by atoms with Crippen LogP contribution in [0.5, 0.6) is 0 Å². The predicted molar refractivity (Wildman–Crippen MR) is 70.7 cm³/mol. The summed E-state index contributed by atoms with van der Waals surface area (Å²) in [5.74, 6) is 0.628. The molecule has 0 aliphatic carbocycles. The van der Waals surface area contributed by atoms with E-state index in [0.29, 0.717) is 5.75 Å². The van der Waals surface area contributed by atoms with E-state index in [-0.39, 0.29) is 6.04 Å². The van der Waals surface area contributed by atoms with Crippen LogP contribution in [0.2, 0.25) is 0 Å². The van der Waals surface area contributed by atoms with Crippen LogP contribution in [0.25, 0.3) is 0 Å². The fourth-order valence-electron chi connectivity index (χ4n) is 1.05. The summed E-state index contributed by atoms with van der Waals surface area (Å²) in [5.41, 5.74) is -0.483. The second-order valence-electron chi connectivity index (χ2n) is 4.49. The van der Waals surface area contributed by atoms with Crippen LogP contribution in [0, 0.1) is 10.7 Å². The first-order valence-electron chi connectivity index (χ1n) is 5.56. The van der Waals surface area contributed by atoms with Crippen LogP contribution < -0.4 is 5.32 Å². The summed E-state index contributed by atoms with van der Waals surface area (Å²) in [7, 11) is 0. The van der Waals surface area contributed by atoms with Crippen molar-refractivity contribution in [2.45, 2.75) is 45.8 Å². The second-order valence-corrected chi connectivity index (χ2v) is 5.30. The first kappa shape index (κ1) is 15.9. The number of ether oxygens (including phenoxy) is 1. The maximum atomic E-state index is 11.5. The third-order valence-electron chi connectivity index (χ3n) is 1.75. The molecule has 0 aromatic heterocycles. The number of nitriles is 1. The predicted octanol–water partition coefficient (Wildman–Crippen LogP) is 3.06. The third-order valence-corrected chi connectivity index (χ3v) is 2.24. The minimum atomic E-state index is -0.483. The number of alkyl carbamates (subject to hydrolysis) is 1. The molecule has 0 rings (SSSR count). The van der Waals surface area contributed by atoms with Gasteiger partial charge >= 0.3 is 6.09 Å². The molecule has 0 aromatic rings. The number of thiocyanates is 1. The first-order valence-corrected chi connectivity index (χ1v) is 6.54. The van der Waals surface area contributed by atoms with Gasteiger partial charge in [-0.05, 0) is 39.0 Å². The molecule has 5 heteroatoms. The fraction of sp³-hybridized carbons (Fsp3) is 0.667. The van der Waals surface area contributed by atoms with Gasteiger partial charge in [0.25, 0.3) is 0 Å². The zero-order valence-corrected chi connectivity index (χ0v) is 11.6.